The van der Waals surface area contributed by atoms with E-state index in [-0.39, 0.29) is 25.2 Å². The molecule has 362 valence electrons. The van der Waals surface area contributed by atoms with E-state index < -0.39 is 6.10 Å². The first kappa shape index (κ1) is 59.9. The van der Waals surface area contributed by atoms with E-state index in [0.29, 0.717) is 12.8 Å². The highest BCUT2D eigenvalue weighted by Crippen LogP contribution is 2.16. The molecule has 1 N–H and O–H groups in total. The summed E-state index contributed by atoms with van der Waals surface area (Å²) in [7, 11) is 0. The second-order valence-corrected chi connectivity index (χ2v) is 18.3. The van der Waals surface area contributed by atoms with Gasteiger partial charge in [-0.2, -0.15) is 0 Å². The molecule has 5 nitrogen and oxygen atoms in total. The molecule has 0 aromatic heterocycles. The van der Waals surface area contributed by atoms with Gasteiger partial charge in [-0.1, -0.05) is 242 Å². The Hall–Kier alpha value is -2.14. The van der Waals surface area contributed by atoms with Crippen LogP contribution in [0.15, 0.2) is 48.6 Å². The monoisotopic (exact) mass is 869 g/mol. The molecular weight excluding hydrogens is 765 g/mol. The third-order valence-electron chi connectivity index (χ3n) is 12.1. The van der Waals surface area contributed by atoms with Crippen LogP contribution in [0.2, 0.25) is 0 Å². The average molecular weight is 869 g/mol. The molecule has 1 unspecified atom stereocenters. The number of carbonyl (C=O) groups is 2. The standard InChI is InChI=1S/C57H104O5/c1-3-5-7-9-11-13-15-17-19-21-23-25-26-27-28-29-30-32-34-36-38-40-42-44-46-48-50-52-57(60)62-55(53-58)54-61-56(59)51-49-47-45-43-41-39-37-35-33-31-24-22-20-18-16-14-12-10-8-6-4-2/h15,17,21-24,26-27,55,58H,3-14,16,18-20,25,28-54H2,1-2H3/b17-15-,23-21-,24-22-,27-26-. The van der Waals surface area contributed by atoms with Crippen molar-refractivity contribution in [2.75, 3.05) is 13.2 Å². The number of aliphatic hydroxyl groups excluding tert-OH is 1. The maximum absolute atomic E-state index is 12.3. The van der Waals surface area contributed by atoms with Gasteiger partial charge in [-0.15, -0.1) is 0 Å². The van der Waals surface area contributed by atoms with Crippen LogP contribution in [0.4, 0.5) is 0 Å². The van der Waals surface area contributed by atoms with E-state index in [1.807, 2.05) is 0 Å². The van der Waals surface area contributed by atoms with Crippen LogP contribution in [0.1, 0.15) is 284 Å². The highest BCUT2D eigenvalue weighted by Gasteiger charge is 2.16. The quantitative estimate of drug-likeness (QED) is 0.0375. The van der Waals surface area contributed by atoms with Crippen LogP contribution in [-0.2, 0) is 19.1 Å². The maximum Gasteiger partial charge on any atom is 0.306 e. The van der Waals surface area contributed by atoms with Crippen LogP contribution < -0.4 is 0 Å². The van der Waals surface area contributed by atoms with Crippen molar-refractivity contribution < 1.29 is 24.2 Å². The summed E-state index contributed by atoms with van der Waals surface area (Å²) in [6.45, 7) is 4.16. The molecule has 0 spiro atoms. The number of ether oxygens (including phenoxy) is 2. The second-order valence-electron chi connectivity index (χ2n) is 18.3. The number of carbonyl (C=O) groups excluding carboxylic acids is 2. The molecule has 0 fully saturated rings. The van der Waals surface area contributed by atoms with Crippen molar-refractivity contribution in [3.63, 3.8) is 0 Å². The van der Waals surface area contributed by atoms with E-state index >= 15 is 0 Å². The first-order valence-electron chi connectivity index (χ1n) is 27.2. The maximum atomic E-state index is 12.3. The number of allylic oxidation sites excluding steroid dienone is 8. The molecule has 0 aliphatic rings. The third kappa shape index (κ3) is 50.5. The molecule has 1 atom stereocenters. The van der Waals surface area contributed by atoms with Crippen LogP contribution in [0.25, 0.3) is 0 Å². The summed E-state index contributed by atoms with van der Waals surface area (Å²) < 4.78 is 10.7. The van der Waals surface area contributed by atoms with Gasteiger partial charge in [-0.3, -0.25) is 9.59 Å². The number of hydrogen-bond acceptors (Lipinski definition) is 5. The molecule has 0 radical (unpaired) electrons. The van der Waals surface area contributed by atoms with E-state index in [1.165, 1.54) is 205 Å². The molecule has 0 saturated heterocycles. The Morgan fingerprint density at radius 2 is 0.645 bits per heavy atom. The summed E-state index contributed by atoms with van der Waals surface area (Å²) in [6, 6.07) is 0. The van der Waals surface area contributed by atoms with E-state index in [9.17, 15) is 14.7 Å². The zero-order valence-electron chi connectivity index (χ0n) is 41.4. The molecule has 0 aromatic carbocycles. The first-order valence-corrected chi connectivity index (χ1v) is 27.2. The number of hydrogen-bond donors (Lipinski definition) is 1. The second kappa shape index (κ2) is 53.2. The summed E-state index contributed by atoms with van der Waals surface area (Å²) in [5.74, 6) is -0.585. The van der Waals surface area contributed by atoms with Crippen LogP contribution in [-0.4, -0.2) is 36.4 Å². The van der Waals surface area contributed by atoms with E-state index in [1.54, 1.807) is 0 Å². The van der Waals surface area contributed by atoms with Crippen LogP contribution >= 0.6 is 0 Å². The number of rotatable bonds is 50. The van der Waals surface area contributed by atoms with Crippen LogP contribution in [0.5, 0.6) is 0 Å². The van der Waals surface area contributed by atoms with Crippen molar-refractivity contribution in [1.29, 1.82) is 0 Å². The van der Waals surface area contributed by atoms with Gasteiger partial charge in [0, 0.05) is 12.8 Å². The summed E-state index contributed by atoms with van der Waals surface area (Å²) in [5, 5.41) is 9.64. The third-order valence-corrected chi connectivity index (χ3v) is 12.1. The summed E-state index contributed by atoms with van der Waals surface area (Å²) >= 11 is 0. The zero-order valence-corrected chi connectivity index (χ0v) is 41.4. The molecule has 0 saturated carbocycles. The van der Waals surface area contributed by atoms with Crippen molar-refractivity contribution in [2.24, 2.45) is 0 Å². The van der Waals surface area contributed by atoms with Crippen molar-refractivity contribution >= 4 is 11.9 Å². The minimum Gasteiger partial charge on any atom is -0.462 e. The van der Waals surface area contributed by atoms with Crippen molar-refractivity contribution in [2.45, 2.75) is 290 Å². The van der Waals surface area contributed by atoms with E-state index in [0.717, 1.165) is 51.4 Å². The molecular formula is C57H104O5. The van der Waals surface area contributed by atoms with Gasteiger partial charge in [-0.05, 0) is 77.0 Å². The molecule has 0 amide bonds. The van der Waals surface area contributed by atoms with Crippen LogP contribution in [0, 0.1) is 0 Å². The van der Waals surface area contributed by atoms with Crippen molar-refractivity contribution in [3.05, 3.63) is 48.6 Å². The minimum atomic E-state index is -0.774. The lowest BCUT2D eigenvalue weighted by atomic mass is 10.0. The van der Waals surface area contributed by atoms with Crippen molar-refractivity contribution in [3.8, 4) is 0 Å². The Bertz CT molecular complexity index is 1030. The molecule has 62 heavy (non-hydrogen) atoms. The Morgan fingerprint density at radius 1 is 0.371 bits per heavy atom. The molecule has 0 rings (SSSR count). The Balaban J connectivity index is 3.49. The topological polar surface area (TPSA) is 72.8 Å². The highest BCUT2D eigenvalue weighted by molar-refractivity contribution is 5.70. The molecule has 0 aliphatic heterocycles. The Labute approximate surface area is 386 Å². The summed E-state index contributed by atoms with van der Waals surface area (Å²) in [5.41, 5.74) is 0. The highest BCUT2D eigenvalue weighted by atomic mass is 16.6. The van der Waals surface area contributed by atoms with Gasteiger partial charge >= 0.3 is 11.9 Å². The Morgan fingerprint density at radius 3 is 0.984 bits per heavy atom. The Kier molecular flexibility index (Phi) is 51.4. The average Bonchev–Trinajstić information content (AvgIpc) is 3.28. The number of aliphatic hydroxyl groups is 1. The largest absolute Gasteiger partial charge is 0.462 e. The zero-order chi connectivity index (χ0) is 44.9. The smallest absolute Gasteiger partial charge is 0.306 e. The first-order chi connectivity index (χ1) is 30.6. The molecule has 5 heteroatoms. The van der Waals surface area contributed by atoms with Gasteiger partial charge in [0.2, 0.25) is 0 Å². The minimum absolute atomic E-state index is 0.0660. The van der Waals surface area contributed by atoms with Gasteiger partial charge in [0.05, 0.1) is 6.61 Å². The fourth-order valence-electron chi connectivity index (χ4n) is 7.97. The normalized spacial score (nSPS) is 12.5. The summed E-state index contributed by atoms with van der Waals surface area (Å²) in [6.07, 6.45) is 69.3. The van der Waals surface area contributed by atoms with E-state index in [2.05, 4.69) is 62.5 Å². The van der Waals surface area contributed by atoms with Crippen molar-refractivity contribution in [1.82, 2.24) is 0 Å². The lowest BCUT2D eigenvalue weighted by Crippen LogP contribution is -2.28. The number of unbranched alkanes of at least 4 members (excludes halogenated alkanes) is 34. The predicted molar refractivity (Wildman–Crippen MR) is 270 cm³/mol. The molecule has 0 bridgehead atoms. The van der Waals surface area contributed by atoms with Gasteiger partial charge in [-0.25, -0.2) is 0 Å². The SMILES string of the molecule is CCCCCCC/C=C\C/C=C\C/C=C\CCCCCCCCCCCCCCC(=O)OC(CO)COC(=O)CCCCCCCCCCC/C=C\CCCCCCCCCC. The fraction of sp³-hybridized carbons (Fsp3) is 0.825. The summed E-state index contributed by atoms with van der Waals surface area (Å²) in [4.78, 5) is 24.5. The number of esters is 2. The van der Waals surface area contributed by atoms with Gasteiger partial charge < -0.3 is 14.6 Å². The molecule has 0 aromatic rings. The predicted octanol–water partition coefficient (Wildman–Crippen LogP) is 18.1. The lowest BCUT2D eigenvalue weighted by Gasteiger charge is -2.15. The molecule has 0 heterocycles. The van der Waals surface area contributed by atoms with E-state index in [4.69, 9.17) is 9.47 Å². The fourth-order valence-corrected chi connectivity index (χ4v) is 7.97. The van der Waals surface area contributed by atoms with Crippen LogP contribution in [0.3, 0.4) is 0 Å². The lowest BCUT2D eigenvalue weighted by molar-refractivity contribution is -0.161. The van der Waals surface area contributed by atoms with Gasteiger partial charge in [0.15, 0.2) is 6.10 Å². The van der Waals surface area contributed by atoms with Gasteiger partial charge in [0.25, 0.3) is 0 Å². The van der Waals surface area contributed by atoms with Gasteiger partial charge in [0.1, 0.15) is 6.61 Å². The molecule has 0 aliphatic carbocycles.